The molecule has 1 aliphatic carbocycles. The summed E-state index contributed by atoms with van der Waals surface area (Å²) in [5.41, 5.74) is 6.10. The Hall–Kier alpha value is -0.860. The van der Waals surface area contributed by atoms with E-state index in [1.807, 2.05) is 0 Å². The molecule has 0 fully saturated rings. The smallest absolute Gasteiger partial charge is 0.0181 e. The molecule has 0 nitrogen and oxygen atoms in total. The van der Waals surface area contributed by atoms with E-state index < -0.39 is 0 Å². The summed E-state index contributed by atoms with van der Waals surface area (Å²) in [4.78, 5) is 0. The first-order valence-electron chi connectivity index (χ1n) is 4.96. The summed E-state index contributed by atoms with van der Waals surface area (Å²) in [6, 6.07) is 12.7. The number of rotatable bonds is 0. The number of fused-ring (bicyclic) bond motifs is 3. The molecular weight excluding hydrogens is 328 g/mol. The Morgan fingerprint density at radius 2 is 1.12 bits per heavy atom. The third-order valence-electron chi connectivity index (χ3n) is 2.90. The van der Waals surface area contributed by atoms with E-state index in [1.54, 1.807) is 0 Å². The lowest BCUT2D eigenvalue weighted by atomic mass is 10.1. The van der Waals surface area contributed by atoms with Gasteiger partial charge >= 0.3 is 0 Å². The summed E-state index contributed by atoms with van der Waals surface area (Å²) in [5.74, 6) is 0. The molecule has 0 saturated heterocycles. The summed E-state index contributed by atoms with van der Waals surface area (Å²) in [7, 11) is 0. The Morgan fingerprint density at radius 1 is 0.688 bits per heavy atom. The molecule has 0 atom stereocenters. The molecule has 0 saturated carbocycles. The van der Waals surface area contributed by atoms with Crippen molar-refractivity contribution in [2.24, 2.45) is 0 Å². The Morgan fingerprint density at radius 3 is 1.56 bits per heavy atom. The number of halogens is 2. The fourth-order valence-electron chi connectivity index (χ4n) is 2.15. The number of benzene rings is 2. The Bertz CT molecular complexity index is 559. The molecule has 0 radical (unpaired) electrons. The molecule has 2 heteroatoms. The lowest BCUT2D eigenvalue weighted by molar-refractivity contribution is 1.60. The van der Waals surface area contributed by atoms with E-state index in [2.05, 4.69) is 74.8 Å². The Labute approximate surface area is 111 Å². The standard InChI is InChI=1S/C14H8Br2/c1-8-13-6-9(15)2-4-11(13)12-5-3-10(16)7-14(8)12/h2-7H,1H2. The fraction of sp³-hybridized carbons (Fsp3) is 0. The van der Waals surface area contributed by atoms with Crippen LogP contribution in [-0.2, 0) is 0 Å². The Balaban J connectivity index is 2.34. The van der Waals surface area contributed by atoms with Gasteiger partial charge in [0.15, 0.2) is 0 Å². The minimum absolute atomic E-state index is 1.10. The summed E-state index contributed by atoms with van der Waals surface area (Å²) in [6.07, 6.45) is 0. The van der Waals surface area contributed by atoms with E-state index in [1.165, 1.54) is 22.3 Å². The minimum atomic E-state index is 1.10. The molecule has 3 rings (SSSR count). The highest BCUT2D eigenvalue weighted by atomic mass is 79.9. The summed E-state index contributed by atoms with van der Waals surface area (Å²) < 4.78 is 2.19. The van der Waals surface area contributed by atoms with Crippen LogP contribution in [0.5, 0.6) is 0 Å². The zero-order valence-electron chi connectivity index (χ0n) is 8.43. The van der Waals surface area contributed by atoms with Crippen molar-refractivity contribution in [3.63, 3.8) is 0 Å². The van der Waals surface area contributed by atoms with Crippen molar-refractivity contribution in [2.75, 3.05) is 0 Å². The van der Waals surface area contributed by atoms with Crippen molar-refractivity contribution in [1.29, 1.82) is 0 Å². The fourth-order valence-corrected chi connectivity index (χ4v) is 2.87. The van der Waals surface area contributed by atoms with Crippen LogP contribution >= 0.6 is 31.9 Å². The molecule has 2 aromatic rings. The van der Waals surface area contributed by atoms with E-state index in [4.69, 9.17) is 0 Å². The molecule has 0 bridgehead atoms. The maximum Gasteiger partial charge on any atom is 0.0181 e. The van der Waals surface area contributed by atoms with E-state index >= 15 is 0 Å². The van der Waals surface area contributed by atoms with Crippen LogP contribution in [0, 0.1) is 0 Å². The van der Waals surface area contributed by atoms with Gasteiger partial charge in [0.25, 0.3) is 0 Å². The molecule has 16 heavy (non-hydrogen) atoms. The van der Waals surface area contributed by atoms with E-state index in [0.29, 0.717) is 0 Å². The Kier molecular flexibility index (Phi) is 2.30. The van der Waals surface area contributed by atoms with Crippen molar-refractivity contribution < 1.29 is 0 Å². The van der Waals surface area contributed by atoms with Gasteiger partial charge in [0.1, 0.15) is 0 Å². The van der Waals surface area contributed by atoms with Crippen LogP contribution in [0.2, 0.25) is 0 Å². The van der Waals surface area contributed by atoms with Gasteiger partial charge in [-0.05, 0) is 52.1 Å². The van der Waals surface area contributed by atoms with Crippen LogP contribution in [0.4, 0.5) is 0 Å². The van der Waals surface area contributed by atoms with Crippen LogP contribution in [-0.4, -0.2) is 0 Å². The second-order valence-corrected chi connectivity index (χ2v) is 5.69. The SMILES string of the molecule is C=C1c2cc(Br)ccc2-c2ccc(Br)cc21. The lowest BCUT2D eigenvalue weighted by Crippen LogP contribution is -1.78. The van der Waals surface area contributed by atoms with Crippen molar-refractivity contribution >= 4 is 37.4 Å². The largest absolute Gasteiger partial charge is 0.0905 e. The molecule has 0 N–H and O–H groups in total. The molecule has 78 valence electrons. The molecule has 0 unspecified atom stereocenters. The first kappa shape index (κ1) is 10.3. The molecule has 0 aliphatic heterocycles. The highest BCUT2D eigenvalue weighted by molar-refractivity contribution is 9.10. The molecular formula is C14H8Br2. The van der Waals surface area contributed by atoms with E-state index in [9.17, 15) is 0 Å². The van der Waals surface area contributed by atoms with Crippen molar-refractivity contribution in [2.45, 2.75) is 0 Å². The van der Waals surface area contributed by atoms with E-state index in [-0.39, 0.29) is 0 Å². The zero-order chi connectivity index (χ0) is 11.3. The van der Waals surface area contributed by atoms with Gasteiger partial charge < -0.3 is 0 Å². The van der Waals surface area contributed by atoms with Crippen LogP contribution in [0.25, 0.3) is 16.7 Å². The number of hydrogen-bond acceptors (Lipinski definition) is 0. The maximum absolute atomic E-state index is 4.18. The maximum atomic E-state index is 4.18. The van der Waals surface area contributed by atoms with Gasteiger partial charge in [-0.2, -0.15) is 0 Å². The second kappa shape index (κ2) is 3.57. The highest BCUT2D eigenvalue weighted by Gasteiger charge is 2.21. The minimum Gasteiger partial charge on any atom is -0.0905 e. The van der Waals surface area contributed by atoms with Gasteiger partial charge in [-0.1, -0.05) is 50.6 Å². The van der Waals surface area contributed by atoms with Gasteiger partial charge in [0.2, 0.25) is 0 Å². The monoisotopic (exact) mass is 334 g/mol. The summed E-state index contributed by atoms with van der Waals surface area (Å²) in [5, 5.41) is 0. The molecule has 0 spiro atoms. The summed E-state index contributed by atoms with van der Waals surface area (Å²) in [6.45, 7) is 4.18. The molecule has 1 aliphatic rings. The van der Waals surface area contributed by atoms with Crippen LogP contribution in [0.1, 0.15) is 11.1 Å². The van der Waals surface area contributed by atoms with Gasteiger partial charge in [0.05, 0.1) is 0 Å². The molecule has 0 heterocycles. The predicted octanol–water partition coefficient (Wildman–Crippen LogP) is 5.25. The molecule has 2 aromatic carbocycles. The van der Waals surface area contributed by atoms with Gasteiger partial charge in [-0.15, -0.1) is 0 Å². The predicted molar refractivity (Wildman–Crippen MR) is 75.4 cm³/mol. The van der Waals surface area contributed by atoms with Crippen molar-refractivity contribution in [1.82, 2.24) is 0 Å². The molecule has 0 amide bonds. The van der Waals surface area contributed by atoms with Crippen molar-refractivity contribution in [3.05, 3.63) is 63.0 Å². The van der Waals surface area contributed by atoms with Crippen molar-refractivity contribution in [3.8, 4) is 11.1 Å². The average Bonchev–Trinajstić information content (AvgIpc) is 2.53. The van der Waals surface area contributed by atoms with E-state index in [0.717, 1.165) is 14.5 Å². The lowest BCUT2D eigenvalue weighted by Gasteiger charge is -2.00. The third-order valence-corrected chi connectivity index (χ3v) is 3.89. The zero-order valence-corrected chi connectivity index (χ0v) is 11.6. The van der Waals surface area contributed by atoms with Gasteiger partial charge in [0, 0.05) is 8.95 Å². The van der Waals surface area contributed by atoms with Crippen LogP contribution in [0.3, 0.4) is 0 Å². The summed E-state index contributed by atoms with van der Waals surface area (Å²) >= 11 is 7.00. The third kappa shape index (κ3) is 1.40. The topological polar surface area (TPSA) is 0 Å². The van der Waals surface area contributed by atoms with Crippen LogP contribution < -0.4 is 0 Å². The first-order valence-corrected chi connectivity index (χ1v) is 6.54. The second-order valence-electron chi connectivity index (χ2n) is 3.86. The van der Waals surface area contributed by atoms with Gasteiger partial charge in [-0.3, -0.25) is 0 Å². The van der Waals surface area contributed by atoms with Gasteiger partial charge in [-0.25, -0.2) is 0 Å². The average molecular weight is 336 g/mol. The quantitative estimate of drug-likeness (QED) is 0.526. The highest BCUT2D eigenvalue weighted by Crippen LogP contribution is 2.44. The normalized spacial score (nSPS) is 12.5. The molecule has 0 aromatic heterocycles. The first-order chi connectivity index (χ1) is 7.66. The van der Waals surface area contributed by atoms with Crippen LogP contribution in [0.15, 0.2) is 51.9 Å². The number of hydrogen-bond donors (Lipinski definition) is 0.